The molecule has 3 aromatic carbocycles. The minimum Gasteiger partial charge on any atom is -0.508 e. The predicted molar refractivity (Wildman–Crippen MR) is 76.5 cm³/mol. The quantitative estimate of drug-likeness (QED) is 0.678. The summed E-state index contributed by atoms with van der Waals surface area (Å²) in [4.78, 5) is 0. The van der Waals surface area contributed by atoms with Gasteiger partial charge in [0.25, 0.3) is 0 Å². The van der Waals surface area contributed by atoms with E-state index < -0.39 is 0 Å². The van der Waals surface area contributed by atoms with Crippen LogP contribution in [-0.2, 0) is 6.42 Å². The second-order valence-corrected chi connectivity index (χ2v) is 4.63. The molecule has 0 aromatic heterocycles. The highest BCUT2D eigenvalue weighted by Crippen LogP contribution is 2.27. The lowest BCUT2D eigenvalue weighted by molar-refractivity contribution is 0.455. The first kappa shape index (κ1) is 11.6. The van der Waals surface area contributed by atoms with E-state index in [1.807, 2.05) is 24.3 Å². The molecule has 0 saturated heterocycles. The fourth-order valence-corrected chi connectivity index (χ4v) is 2.37. The Morgan fingerprint density at radius 1 is 0.737 bits per heavy atom. The number of hydrogen-bond donors (Lipinski definition) is 2. The molecule has 0 bridgehead atoms. The van der Waals surface area contributed by atoms with Crippen molar-refractivity contribution in [3.05, 3.63) is 71.8 Å². The van der Waals surface area contributed by atoms with Crippen LogP contribution in [0, 0.1) is 0 Å². The van der Waals surface area contributed by atoms with Gasteiger partial charge >= 0.3 is 0 Å². The van der Waals surface area contributed by atoms with E-state index in [1.54, 1.807) is 6.07 Å². The maximum atomic E-state index is 9.86. The summed E-state index contributed by atoms with van der Waals surface area (Å²) in [5, 5.41) is 21.7. The maximum absolute atomic E-state index is 9.86. The third kappa shape index (κ3) is 2.25. The second-order valence-electron chi connectivity index (χ2n) is 4.63. The molecule has 0 radical (unpaired) electrons. The molecule has 0 amide bonds. The fraction of sp³-hybridized carbons (Fsp3) is 0.0588. The minimum absolute atomic E-state index is 0.174. The van der Waals surface area contributed by atoms with Gasteiger partial charge in [0.1, 0.15) is 11.5 Å². The Hall–Kier alpha value is -2.48. The lowest BCUT2D eigenvalue weighted by atomic mass is 9.98. The van der Waals surface area contributed by atoms with Gasteiger partial charge in [0, 0.05) is 12.0 Å². The lowest BCUT2D eigenvalue weighted by Crippen LogP contribution is -1.90. The van der Waals surface area contributed by atoms with Crippen molar-refractivity contribution >= 4 is 10.8 Å². The van der Waals surface area contributed by atoms with Crippen LogP contribution in [0.25, 0.3) is 10.8 Å². The summed E-state index contributed by atoms with van der Waals surface area (Å²) in [5.74, 6) is 0.388. The molecular weight excluding hydrogens is 236 g/mol. The molecule has 3 aromatic rings. The van der Waals surface area contributed by atoms with Crippen LogP contribution >= 0.6 is 0 Å². The summed E-state index contributed by atoms with van der Waals surface area (Å²) in [6.07, 6.45) is 0.599. The Kier molecular flexibility index (Phi) is 2.84. The van der Waals surface area contributed by atoms with Crippen molar-refractivity contribution in [2.45, 2.75) is 6.42 Å². The fourth-order valence-electron chi connectivity index (χ4n) is 2.37. The van der Waals surface area contributed by atoms with Crippen molar-refractivity contribution in [2.24, 2.45) is 0 Å². The molecular formula is C17H14O2. The zero-order chi connectivity index (χ0) is 13.2. The SMILES string of the molecule is Oc1ccc(O)c(Cc2cccc3ccccc23)c1. The number of rotatable bonds is 2. The third-order valence-corrected chi connectivity index (χ3v) is 3.32. The molecule has 94 valence electrons. The Labute approximate surface area is 111 Å². The number of hydrogen-bond acceptors (Lipinski definition) is 2. The van der Waals surface area contributed by atoms with E-state index in [1.165, 1.54) is 22.9 Å². The molecule has 0 aliphatic heterocycles. The van der Waals surface area contributed by atoms with Crippen LogP contribution in [0.15, 0.2) is 60.7 Å². The zero-order valence-electron chi connectivity index (χ0n) is 10.4. The summed E-state index contributed by atoms with van der Waals surface area (Å²) in [6, 6.07) is 18.9. The van der Waals surface area contributed by atoms with Crippen LogP contribution < -0.4 is 0 Å². The van der Waals surface area contributed by atoms with Gasteiger partial charge in [-0.2, -0.15) is 0 Å². The van der Waals surface area contributed by atoms with E-state index in [4.69, 9.17) is 0 Å². The highest BCUT2D eigenvalue weighted by atomic mass is 16.3. The molecule has 0 aliphatic carbocycles. The van der Waals surface area contributed by atoms with Crippen molar-refractivity contribution in [3.63, 3.8) is 0 Å². The Balaban J connectivity index is 2.08. The summed E-state index contributed by atoms with van der Waals surface area (Å²) in [5.41, 5.74) is 1.87. The van der Waals surface area contributed by atoms with Crippen LogP contribution in [-0.4, -0.2) is 10.2 Å². The van der Waals surface area contributed by atoms with E-state index in [0.29, 0.717) is 6.42 Å². The molecule has 0 saturated carbocycles. The lowest BCUT2D eigenvalue weighted by Gasteiger charge is -2.08. The number of fused-ring (bicyclic) bond motifs is 1. The standard InChI is InChI=1S/C17H14O2/c18-15-8-9-17(19)14(11-15)10-13-6-3-5-12-4-1-2-7-16(12)13/h1-9,11,18-19H,10H2. The minimum atomic E-state index is 0.174. The van der Waals surface area contributed by atoms with Gasteiger partial charge in [-0.25, -0.2) is 0 Å². The van der Waals surface area contributed by atoms with Crippen LogP contribution in [0.1, 0.15) is 11.1 Å². The number of benzene rings is 3. The van der Waals surface area contributed by atoms with Gasteiger partial charge < -0.3 is 10.2 Å². The first-order valence-electron chi connectivity index (χ1n) is 6.21. The number of phenols is 2. The van der Waals surface area contributed by atoms with Crippen molar-refractivity contribution in [1.29, 1.82) is 0 Å². The summed E-state index contributed by atoms with van der Waals surface area (Å²) < 4.78 is 0. The number of aromatic hydroxyl groups is 2. The van der Waals surface area contributed by atoms with E-state index >= 15 is 0 Å². The van der Waals surface area contributed by atoms with Crippen LogP contribution in [0.4, 0.5) is 0 Å². The van der Waals surface area contributed by atoms with Crippen LogP contribution in [0.3, 0.4) is 0 Å². The first-order chi connectivity index (χ1) is 9.24. The monoisotopic (exact) mass is 250 g/mol. The second kappa shape index (κ2) is 4.65. The maximum Gasteiger partial charge on any atom is 0.119 e. The van der Waals surface area contributed by atoms with Gasteiger partial charge in [-0.15, -0.1) is 0 Å². The highest BCUT2D eigenvalue weighted by molar-refractivity contribution is 5.86. The molecule has 2 heteroatoms. The molecule has 19 heavy (non-hydrogen) atoms. The van der Waals surface area contributed by atoms with E-state index in [9.17, 15) is 10.2 Å². The van der Waals surface area contributed by atoms with E-state index in [-0.39, 0.29) is 11.5 Å². The Bertz CT molecular complexity index is 727. The highest BCUT2D eigenvalue weighted by Gasteiger charge is 2.06. The van der Waals surface area contributed by atoms with Crippen molar-refractivity contribution in [3.8, 4) is 11.5 Å². The zero-order valence-corrected chi connectivity index (χ0v) is 10.4. The molecule has 2 N–H and O–H groups in total. The predicted octanol–water partition coefficient (Wildman–Crippen LogP) is 3.84. The van der Waals surface area contributed by atoms with Gasteiger partial charge in [0.2, 0.25) is 0 Å². The van der Waals surface area contributed by atoms with Gasteiger partial charge in [-0.3, -0.25) is 0 Å². The third-order valence-electron chi connectivity index (χ3n) is 3.32. The normalized spacial score (nSPS) is 10.7. The smallest absolute Gasteiger partial charge is 0.119 e. The van der Waals surface area contributed by atoms with Gasteiger partial charge in [0.15, 0.2) is 0 Å². The molecule has 0 spiro atoms. The van der Waals surface area contributed by atoms with Crippen molar-refractivity contribution in [1.82, 2.24) is 0 Å². The molecule has 0 aliphatic rings. The van der Waals surface area contributed by atoms with Crippen LogP contribution in [0.2, 0.25) is 0 Å². The van der Waals surface area contributed by atoms with E-state index in [0.717, 1.165) is 11.1 Å². The summed E-state index contributed by atoms with van der Waals surface area (Å²) in [7, 11) is 0. The first-order valence-corrected chi connectivity index (χ1v) is 6.21. The number of phenolic OH excluding ortho intramolecular Hbond substituents is 2. The average Bonchev–Trinajstić information content (AvgIpc) is 2.43. The molecule has 3 rings (SSSR count). The van der Waals surface area contributed by atoms with E-state index in [2.05, 4.69) is 18.2 Å². The Morgan fingerprint density at radius 2 is 1.53 bits per heavy atom. The largest absolute Gasteiger partial charge is 0.508 e. The Morgan fingerprint density at radius 3 is 2.42 bits per heavy atom. The summed E-state index contributed by atoms with van der Waals surface area (Å²) >= 11 is 0. The van der Waals surface area contributed by atoms with Crippen molar-refractivity contribution in [2.75, 3.05) is 0 Å². The van der Waals surface area contributed by atoms with Gasteiger partial charge in [0.05, 0.1) is 0 Å². The molecule has 0 unspecified atom stereocenters. The molecule has 0 fully saturated rings. The summed E-state index contributed by atoms with van der Waals surface area (Å²) in [6.45, 7) is 0. The van der Waals surface area contributed by atoms with Gasteiger partial charge in [-0.1, -0.05) is 42.5 Å². The molecule has 0 heterocycles. The van der Waals surface area contributed by atoms with Gasteiger partial charge in [-0.05, 0) is 34.5 Å². The molecule has 0 atom stereocenters. The average molecular weight is 250 g/mol. The van der Waals surface area contributed by atoms with Crippen molar-refractivity contribution < 1.29 is 10.2 Å². The molecule has 2 nitrogen and oxygen atoms in total. The topological polar surface area (TPSA) is 40.5 Å². The van der Waals surface area contributed by atoms with Crippen LogP contribution in [0.5, 0.6) is 11.5 Å².